The summed E-state index contributed by atoms with van der Waals surface area (Å²) in [6.45, 7) is 0. The Labute approximate surface area is 222 Å². The van der Waals surface area contributed by atoms with Gasteiger partial charge in [-0.25, -0.2) is 4.79 Å². The molecule has 0 saturated heterocycles. The molecule has 39 heavy (non-hydrogen) atoms. The number of ether oxygens (including phenoxy) is 2. The van der Waals surface area contributed by atoms with E-state index < -0.39 is 29.1 Å². The zero-order valence-corrected chi connectivity index (χ0v) is 20.6. The smallest absolute Gasteiger partial charge is 0.337 e. The van der Waals surface area contributed by atoms with Crippen molar-refractivity contribution < 1.29 is 38.2 Å². The maximum Gasteiger partial charge on any atom is 0.337 e. The van der Waals surface area contributed by atoms with E-state index in [-0.39, 0.29) is 27.8 Å². The normalized spacial score (nSPS) is 10.3. The van der Waals surface area contributed by atoms with Gasteiger partial charge in [0, 0.05) is 27.8 Å². The molecule has 0 aromatic heterocycles. The molecule has 0 radical (unpaired) electrons. The van der Waals surface area contributed by atoms with E-state index >= 15 is 0 Å². The van der Waals surface area contributed by atoms with E-state index in [1.807, 2.05) is 0 Å². The molecule has 4 aromatic rings. The molecule has 0 fully saturated rings. The second-order valence-electron chi connectivity index (χ2n) is 8.28. The Morgan fingerprint density at radius 2 is 0.795 bits per heavy atom. The van der Waals surface area contributed by atoms with Gasteiger partial charge in [0.05, 0.1) is 12.7 Å². The molecule has 0 aliphatic rings. The molecule has 0 unspecified atom stereocenters. The minimum atomic E-state index is -0.727. The molecule has 0 heterocycles. The van der Waals surface area contributed by atoms with Gasteiger partial charge in [0.1, 0.15) is 17.8 Å². The van der Waals surface area contributed by atoms with Crippen molar-refractivity contribution in [1.82, 2.24) is 0 Å². The first kappa shape index (κ1) is 26.6. The number of aldehydes is 1. The number of Topliss-reactive ketones (excluding diaryl/α,β-unsaturated/α-hetero) is 4. The first-order valence-electron chi connectivity index (χ1n) is 11.6. The summed E-state index contributed by atoms with van der Waals surface area (Å²) in [5.41, 5.74) is 1.31. The van der Waals surface area contributed by atoms with E-state index in [0.29, 0.717) is 23.3 Å². The highest BCUT2D eigenvalue weighted by Crippen LogP contribution is 2.23. The van der Waals surface area contributed by atoms with Crippen LogP contribution < -0.4 is 4.74 Å². The molecule has 0 saturated carbocycles. The van der Waals surface area contributed by atoms with Gasteiger partial charge in [-0.1, -0.05) is 36.4 Å². The zero-order valence-electron chi connectivity index (χ0n) is 20.6. The fraction of sp³-hybridized carbons (Fsp3) is 0.0323. The van der Waals surface area contributed by atoms with Gasteiger partial charge >= 0.3 is 5.97 Å². The number of esters is 1. The molecule has 8 heteroatoms. The van der Waals surface area contributed by atoms with Gasteiger partial charge in [-0.15, -0.1) is 0 Å². The monoisotopic (exact) mass is 520 g/mol. The van der Waals surface area contributed by atoms with Gasteiger partial charge in [-0.05, 0) is 60.7 Å². The number of hydrogen-bond donors (Lipinski definition) is 0. The quantitative estimate of drug-likeness (QED) is 0.121. The second-order valence-corrected chi connectivity index (χ2v) is 8.28. The van der Waals surface area contributed by atoms with E-state index in [9.17, 15) is 28.8 Å². The maximum absolute atomic E-state index is 12.6. The first-order valence-corrected chi connectivity index (χ1v) is 11.6. The lowest BCUT2D eigenvalue weighted by molar-refractivity contribution is 0.0600. The second kappa shape index (κ2) is 11.7. The van der Waals surface area contributed by atoms with Crippen molar-refractivity contribution in [3.63, 3.8) is 0 Å². The number of rotatable bonds is 10. The number of carbonyl (C=O) groups is 6. The van der Waals surface area contributed by atoms with Crippen LogP contribution in [0, 0.1) is 0 Å². The van der Waals surface area contributed by atoms with Gasteiger partial charge in [-0.2, -0.15) is 0 Å². The predicted molar refractivity (Wildman–Crippen MR) is 140 cm³/mol. The number of carbonyl (C=O) groups excluding carboxylic acids is 6. The molecule has 0 atom stereocenters. The summed E-state index contributed by atoms with van der Waals surface area (Å²) in [5, 5.41) is 0. The van der Waals surface area contributed by atoms with Crippen molar-refractivity contribution in [2.75, 3.05) is 7.11 Å². The van der Waals surface area contributed by atoms with E-state index in [2.05, 4.69) is 4.74 Å². The summed E-state index contributed by atoms with van der Waals surface area (Å²) in [6.07, 6.45) is 0.647. The van der Waals surface area contributed by atoms with E-state index in [4.69, 9.17) is 4.74 Å². The van der Waals surface area contributed by atoms with Crippen LogP contribution in [0.4, 0.5) is 0 Å². The number of hydrogen-bond acceptors (Lipinski definition) is 8. The van der Waals surface area contributed by atoms with Crippen LogP contribution in [0.2, 0.25) is 0 Å². The van der Waals surface area contributed by atoms with Crippen molar-refractivity contribution in [3.05, 3.63) is 130 Å². The van der Waals surface area contributed by atoms with Gasteiger partial charge in [0.15, 0.2) is 0 Å². The van der Waals surface area contributed by atoms with Crippen LogP contribution in [0.5, 0.6) is 11.5 Å². The van der Waals surface area contributed by atoms with E-state index in [1.165, 1.54) is 104 Å². The van der Waals surface area contributed by atoms with Crippen molar-refractivity contribution in [2.45, 2.75) is 0 Å². The third-order valence-electron chi connectivity index (χ3n) is 5.76. The van der Waals surface area contributed by atoms with Crippen LogP contribution in [-0.2, 0) is 4.74 Å². The molecule has 192 valence electrons. The Morgan fingerprint density at radius 1 is 0.487 bits per heavy atom. The van der Waals surface area contributed by atoms with E-state index in [1.54, 1.807) is 0 Å². The molecule has 0 N–H and O–H groups in total. The SMILES string of the molecule is COC(=O)c1ccc(C(=O)C(=O)c2ccc(Oc3ccc(C(=O)C(=O)c4ccc(C=O)cc4)cc3)cc2)cc1. The van der Waals surface area contributed by atoms with Crippen LogP contribution in [0.15, 0.2) is 97.1 Å². The van der Waals surface area contributed by atoms with Crippen molar-refractivity contribution in [2.24, 2.45) is 0 Å². The van der Waals surface area contributed by atoms with E-state index in [0.717, 1.165) is 0 Å². The molecular formula is C31H20O8. The van der Waals surface area contributed by atoms with Crippen LogP contribution in [0.25, 0.3) is 0 Å². The first-order chi connectivity index (χ1) is 18.8. The number of benzene rings is 4. The molecule has 0 amide bonds. The van der Waals surface area contributed by atoms with Gasteiger partial charge in [0.25, 0.3) is 0 Å². The Morgan fingerprint density at radius 3 is 1.13 bits per heavy atom. The lowest BCUT2D eigenvalue weighted by Crippen LogP contribution is -2.14. The molecule has 4 rings (SSSR count). The highest BCUT2D eigenvalue weighted by molar-refractivity contribution is 6.49. The number of methoxy groups -OCH3 is 1. The molecule has 4 aromatic carbocycles. The van der Waals surface area contributed by atoms with Crippen LogP contribution >= 0.6 is 0 Å². The largest absolute Gasteiger partial charge is 0.465 e. The molecule has 0 spiro atoms. The third kappa shape index (κ3) is 6.08. The predicted octanol–water partition coefficient (Wildman–Crippen LogP) is 5.21. The Bertz CT molecular complexity index is 1560. The Kier molecular flexibility index (Phi) is 7.97. The highest BCUT2D eigenvalue weighted by Gasteiger charge is 2.20. The average molecular weight is 520 g/mol. The number of ketones is 4. The van der Waals surface area contributed by atoms with Crippen LogP contribution in [0.1, 0.15) is 62.1 Å². The minimum Gasteiger partial charge on any atom is -0.465 e. The fourth-order valence-corrected chi connectivity index (χ4v) is 3.60. The summed E-state index contributed by atoms with van der Waals surface area (Å²) >= 11 is 0. The maximum atomic E-state index is 12.6. The fourth-order valence-electron chi connectivity index (χ4n) is 3.60. The summed E-state index contributed by atoms with van der Waals surface area (Å²) in [7, 11) is 1.25. The van der Waals surface area contributed by atoms with Gasteiger partial charge in [0.2, 0.25) is 23.1 Å². The zero-order chi connectivity index (χ0) is 27.9. The molecular weight excluding hydrogens is 500 g/mol. The summed E-state index contributed by atoms with van der Waals surface area (Å²) in [6, 6.07) is 23.2. The molecule has 0 aliphatic heterocycles. The Hall–Kier alpha value is -5.50. The topological polar surface area (TPSA) is 121 Å². The molecule has 0 bridgehead atoms. The van der Waals surface area contributed by atoms with Crippen molar-refractivity contribution in [3.8, 4) is 11.5 Å². The molecule has 8 nitrogen and oxygen atoms in total. The van der Waals surface area contributed by atoms with Crippen LogP contribution in [-0.4, -0.2) is 42.5 Å². The summed E-state index contributed by atoms with van der Waals surface area (Å²) in [4.78, 5) is 72.5. The third-order valence-corrected chi connectivity index (χ3v) is 5.76. The standard InChI is InChI=1S/C31H20O8/c1-38-31(37)24-8-6-21(7-9-24)28(34)30(36)23-12-16-26(17-13-23)39-25-14-10-22(11-15-25)29(35)27(33)20-4-2-19(18-32)3-5-20/h2-18H,1H3. The van der Waals surface area contributed by atoms with Crippen molar-refractivity contribution in [1.29, 1.82) is 0 Å². The lowest BCUT2D eigenvalue weighted by atomic mass is 10.0. The van der Waals surface area contributed by atoms with Crippen LogP contribution in [0.3, 0.4) is 0 Å². The van der Waals surface area contributed by atoms with Crippen molar-refractivity contribution >= 4 is 35.4 Å². The highest BCUT2D eigenvalue weighted by atomic mass is 16.5. The van der Waals surface area contributed by atoms with Gasteiger partial charge in [-0.3, -0.25) is 24.0 Å². The summed E-state index contributed by atoms with van der Waals surface area (Å²) in [5.74, 6) is -2.63. The van der Waals surface area contributed by atoms with Gasteiger partial charge < -0.3 is 9.47 Å². The minimum absolute atomic E-state index is 0.138. The summed E-state index contributed by atoms with van der Waals surface area (Å²) < 4.78 is 10.4. The average Bonchev–Trinajstić information content (AvgIpc) is 3.00. The Balaban J connectivity index is 1.38. The lowest BCUT2D eigenvalue weighted by Gasteiger charge is -2.08. The molecule has 0 aliphatic carbocycles.